The maximum Gasteiger partial charge on any atom is 0.177 e. The van der Waals surface area contributed by atoms with Crippen molar-refractivity contribution in [3.05, 3.63) is 34.4 Å². The van der Waals surface area contributed by atoms with E-state index in [0.717, 1.165) is 25.5 Å². The van der Waals surface area contributed by atoms with Crippen LogP contribution in [0.1, 0.15) is 25.3 Å². The Labute approximate surface area is 92.4 Å². The van der Waals surface area contributed by atoms with Crippen LogP contribution < -0.4 is 5.32 Å². The van der Waals surface area contributed by atoms with Gasteiger partial charge in [-0.2, -0.15) is 0 Å². The minimum absolute atomic E-state index is 0.105. The molecule has 1 aromatic carbocycles. The summed E-state index contributed by atoms with van der Waals surface area (Å²) in [6, 6.07) is 2.68. The molecular formula is C11H12ClF2N. The van der Waals surface area contributed by atoms with Gasteiger partial charge < -0.3 is 5.32 Å². The van der Waals surface area contributed by atoms with Gasteiger partial charge in [0.1, 0.15) is 0 Å². The van der Waals surface area contributed by atoms with Crippen LogP contribution in [0.25, 0.3) is 0 Å². The largest absolute Gasteiger partial charge is 0.308 e. The molecule has 1 unspecified atom stereocenters. The predicted octanol–water partition coefficient (Wildman–Crippen LogP) is 3.22. The highest BCUT2D eigenvalue weighted by Gasteiger charge is 2.33. The van der Waals surface area contributed by atoms with Crippen LogP contribution in [0.15, 0.2) is 12.1 Å². The molecule has 1 saturated heterocycles. The molecule has 0 bridgehead atoms. The van der Waals surface area contributed by atoms with Crippen LogP contribution in [0.2, 0.25) is 5.02 Å². The molecule has 0 radical (unpaired) electrons. The van der Waals surface area contributed by atoms with Gasteiger partial charge >= 0.3 is 0 Å². The molecule has 1 atom stereocenters. The molecule has 0 spiro atoms. The van der Waals surface area contributed by atoms with Crippen LogP contribution >= 0.6 is 11.6 Å². The van der Waals surface area contributed by atoms with Crippen molar-refractivity contribution in [3.8, 4) is 0 Å². The highest BCUT2D eigenvalue weighted by molar-refractivity contribution is 6.31. The Balaban J connectivity index is 2.49. The second-order valence-electron chi connectivity index (χ2n) is 4.09. The summed E-state index contributed by atoms with van der Waals surface area (Å²) in [5.41, 5.74) is 0.312. The van der Waals surface area contributed by atoms with Crippen molar-refractivity contribution in [2.75, 3.05) is 6.54 Å². The highest BCUT2D eigenvalue weighted by Crippen LogP contribution is 2.36. The molecule has 0 amide bonds. The Hall–Kier alpha value is -0.670. The summed E-state index contributed by atoms with van der Waals surface area (Å²) in [5, 5.41) is 3.16. The molecule has 4 heteroatoms. The van der Waals surface area contributed by atoms with Crippen molar-refractivity contribution in [1.29, 1.82) is 0 Å². The topological polar surface area (TPSA) is 12.0 Å². The number of hydrogen-bond acceptors (Lipinski definition) is 1. The first kappa shape index (κ1) is 10.8. The van der Waals surface area contributed by atoms with Gasteiger partial charge in [-0.05, 0) is 37.9 Å². The van der Waals surface area contributed by atoms with Gasteiger partial charge in [-0.25, -0.2) is 8.78 Å². The fraction of sp³-hybridized carbons (Fsp3) is 0.455. The monoisotopic (exact) mass is 231 g/mol. The second kappa shape index (κ2) is 3.72. The van der Waals surface area contributed by atoms with Gasteiger partial charge in [-0.3, -0.25) is 0 Å². The molecule has 15 heavy (non-hydrogen) atoms. The molecule has 0 aromatic heterocycles. The predicted molar refractivity (Wildman–Crippen MR) is 56.0 cm³/mol. The van der Waals surface area contributed by atoms with Crippen molar-refractivity contribution in [3.63, 3.8) is 0 Å². The summed E-state index contributed by atoms with van der Waals surface area (Å²) in [5.74, 6) is -1.85. The Kier molecular flexibility index (Phi) is 2.69. The standard InChI is InChI=1S/C11H12ClF2N/c1-11(5-2-6-15-11)7-3-4-8(13)10(14)9(7)12/h3-4,15H,2,5-6H2,1H3. The number of halogens is 3. The summed E-state index contributed by atoms with van der Waals surface area (Å²) in [7, 11) is 0. The third-order valence-electron chi connectivity index (χ3n) is 3.00. The Morgan fingerprint density at radius 1 is 1.40 bits per heavy atom. The van der Waals surface area contributed by atoms with E-state index >= 15 is 0 Å². The van der Waals surface area contributed by atoms with Crippen LogP contribution in [0.5, 0.6) is 0 Å². The normalized spacial score (nSPS) is 25.9. The zero-order chi connectivity index (χ0) is 11.1. The Morgan fingerprint density at radius 3 is 2.73 bits per heavy atom. The van der Waals surface area contributed by atoms with Crippen LogP contribution in [-0.4, -0.2) is 6.54 Å². The summed E-state index contributed by atoms with van der Waals surface area (Å²) in [6.07, 6.45) is 1.91. The molecule has 1 aromatic rings. The van der Waals surface area contributed by atoms with E-state index in [9.17, 15) is 8.78 Å². The van der Waals surface area contributed by atoms with Gasteiger partial charge in [-0.1, -0.05) is 17.7 Å². The summed E-state index contributed by atoms with van der Waals surface area (Å²) in [4.78, 5) is 0. The molecule has 1 heterocycles. The molecule has 1 aliphatic heterocycles. The van der Waals surface area contributed by atoms with Gasteiger partial charge in [0.2, 0.25) is 0 Å². The summed E-state index contributed by atoms with van der Waals surface area (Å²) in [6.45, 7) is 2.84. The van der Waals surface area contributed by atoms with Gasteiger partial charge in [0.15, 0.2) is 11.6 Å². The van der Waals surface area contributed by atoms with Crippen molar-refractivity contribution >= 4 is 11.6 Å². The summed E-state index contributed by atoms with van der Waals surface area (Å²) < 4.78 is 26.2. The van der Waals surface area contributed by atoms with E-state index in [2.05, 4.69) is 5.32 Å². The fourth-order valence-corrected chi connectivity index (χ4v) is 2.44. The van der Waals surface area contributed by atoms with E-state index in [1.165, 1.54) is 0 Å². The van der Waals surface area contributed by atoms with Gasteiger partial charge in [0.05, 0.1) is 5.02 Å². The molecule has 0 saturated carbocycles. The lowest BCUT2D eigenvalue weighted by atomic mass is 9.90. The van der Waals surface area contributed by atoms with E-state index in [0.29, 0.717) is 5.56 Å². The van der Waals surface area contributed by atoms with E-state index in [1.807, 2.05) is 6.92 Å². The average molecular weight is 232 g/mol. The van der Waals surface area contributed by atoms with Gasteiger partial charge in [-0.15, -0.1) is 0 Å². The number of nitrogens with one attached hydrogen (secondary N) is 1. The minimum atomic E-state index is -0.955. The van der Waals surface area contributed by atoms with E-state index < -0.39 is 11.6 Å². The summed E-state index contributed by atoms with van der Waals surface area (Å²) >= 11 is 5.81. The Morgan fingerprint density at radius 2 is 2.13 bits per heavy atom. The van der Waals surface area contributed by atoms with E-state index in [-0.39, 0.29) is 10.6 Å². The number of benzene rings is 1. The third kappa shape index (κ3) is 1.74. The first-order valence-electron chi connectivity index (χ1n) is 4.93. The van der Waals surface area contributed by atoms with Crippen LogP contribution in [0, 0.1) is 11.6 Å². The van der Waals surface area contributed by atoms with Gasteiger partial charge in [0.25, 0.3) is 0 Å². The van der Waals surface area contributed by atoms with Gasteiger partial charge in [0, 0.05) is 5.54 Å². The molecule has 82 valence electrons. The highest BCUT2D eigenvalue weighted by atomic mass is 35.5. The lowest BCUT2D eigenvalue weighted by Gasteiger charge is -2.26. The van der Waals surface area contributed by atoms with Crippen molar-refractivity contribution in [2.45, 2.75) is 25.3 Å². The SMILES string of the molecule is CC1(c2ccc(F)c(F)c2Cl)CCCN1. The fourth-order valence-electron chi connectivity index (χ4n) is 2.08. The molecule has 0 aliphatic carbocycles. The van der Waals surface area contributed by atoms with E-state index in [1.54, 1.807) is 6.07 Å². The lowest BCUT2D eigenvalue weighted by Crippen LogP contribution is -2.33. The van der Waals surface area contributed by atoms with Crippen molar-refractivity contribution in [1.82, 2.24) is 5.32 Å². The van der Waals surface area contributed by atoms with Crippen molar-refractivity contribution < 1.29 is 8.78 Å². The van der Waals surface area contributed by atoms with E-state index in [4.69, 9.17) is 11.6 Å². The van der Waals surface area contributed by atoms with Crippen LogP contribution in [0.4, 0.5) is 8.78 Å². The van der Waals surface area contributed by atoms with Crippen molar-refractivity contribution in [2.24, 2.45) is 0 Å². The molecule has 2 rings (SSSR count). The second-order valence-corrected chi connectivity index (χ2v) is 4.46. The van der Waals surface area contributed by atoms with Crippen LogP contribution in [-0.2, 0) is 5.54 Å². The maximum absolute atomic E-state index is 13.3. The molecule has 1 N–H and O–H groups in total. The Bertz CT molecular complexity index is 386. The maximum atomic E-state index is 13.3. The molecular weight excluding hydrogens is 220 g/mol. The quantitative estimate of drug-likeness (QED) is 0.732. The lowest BCUT2D eigenvalue weighted by molar-refractivity contribution is 0.427. The smallest absolute Gasteiger partial charge is 0.177 e. The molecule has 1 nitrogen and oxygen atoms in total. The third-order valence-corrected chi connectivity index (χ3v) is 3.37. The number of rotatable bonds is 1. The zero-order valence-corrected chi connectivity index (χ0v) is 9.17. The molecule has 1 aliphatic rings. The van der Waals surface area contributed by atoms with Crippen LogP contribution in [0.3, 0.4) is 0 Å². The zero-order valence-electron chi connectivity index (χ0n) is 8.41. The first-order chi connectivity index (χ1) is 7.04. The first-order valence-corrected chi connectivity index (χ1v) is 5.31. The minimum Gasteiger partial charge on any atom is -0.308 e. The molecule has 1 fully saturated rings. The average Bonchev–Trinajstić information content (AvgIpc) is 2.62. The number of hydrogen-bond donors (Lipinski definition) is 1.